The van der Waals surface area contributed by atoms with Crippen LogP contribution in [-0.2, 0) is 6.54 Å². The van der Waals surface area contributed by atoms with Crippen molar-refractivity contribution in [3.63, 3.8) is 0 Å². The van der Waals surface area contributed by atoms with Gasteiger partial charge in [-0.2, -0.15) is 0 Å². The summed E-state index contributed by atoms with van der Waals surface area (Å²) in [5, 5.41) is 8.97. The summed E-state index contributed by atoms with van der Waals surface area (Å²) in [6.07, 6.45) is 1.70. The topological polar surface area (TPSA) is 47.8 Å². The van der Waals surface area contributed by atoms with E-state index in [0.29, 0.717) is 22.5 Å². The van der Waals surface area contributed by atoms with Crippen molar-refractivity contribution in [2.45, 2.75) is 23.9 Å². The van der Waals surface area contributed by atoms with Crippen molar-refractivity contribution in [1.82, 2.24) is 14.8 Å². The Morgan fingerprint density at radius 3 is 2.57 bits per heavy atom. The zero-order chi connectivity index (χ0) is 20.3. The highest BCUT2D eigenvalue weighted by Gasteiger charge is 2.22. The van der Waals surface area contributed by atoms with E-state index in [1.54, 1.807) is 25.1 Å². The summed E-state index contributed by atoms with van der Waals surface area (Å²) in [4.78, 5) is 12.6. The van der Waals surface area contributed by atoms with Gasteiger partial charge in [-0.25, -0.2) is 8.78 Å². The summed E-state index contributed by atoms with van der Waals surface area (Å²) >= 11 is 7.13. The van der Waals surface area contributed by atoms with Crippen LogP contribution in [0.15, 0.2) is 60.3 Å². The van der Waals surface area contributed by atoms with Gasteiger partial charge in [0.2, 0.25) is 0 Å². The first-order chi connectivity index (χ1) is 13.4. The number of ketones is 1. The standard InChI is InChI=1S/C20H16ClF2N3OS/c1-3-10-26-19(13-4-7-15(21)8-5-13)24-25-20(26)28-12(2)18(27)14-6-9-16(22)17(23)11-14/h3-9,11-12H,1,10H2,2H3/t12-/m1/s1. The molecular weight excluding hydrogens is 404 g/mol. The van der Waals surface area contributed by atoms with Crippen molar-refractivity contribution in [2.24, 2.45) is 0 Å². The molecule has 0 bridgehead atoms. The predicted octanol–water partition coefficient (Wildman–Crippen LogP) is 5.43. The molecule has 0 aliphatic heterocycles. The fraction of sp³-hybridized carbons (Fsp3) is 0.150. The minimum atomic E-state index is -1.05. The molecule has 0 saturated heterocycles. The van der Waals surface area contributed by atoms with Crippen LogP contribution in [0.1, 0.15) is 17.3 Å². The number of hydrogen-bond donors (Lipinski definition) is 0. The van der Waals surface area contributed by atoms with E-state index in [-0.39, 0.29) is 11.3 Å². The first-order valence-corrected chi connectivity index (χ1v) is 9.62. The van der Waals surface area contributed by atoms with Crippen LogP contribution >= 0.6 is 23.4 Å². The molecule has 0 saturated carbocycles. The van der Waals surface area contributed by atoms with Crippen LogP contribution in [0.2, 0.25) is 5.02 Å². The van der Waals surface area contributed by atoms with Gasteiger partial charge in [-0.05, 0) is 49.4 Å². The van der Waals surface area contributed by atoms with E-state index in [4.69, 9.17) is 11.6 Å². The van der Waals surface area contributed by atoms with E-state index in [9.17, 15) is 13.6 Å². The summed E-state index contributed by atoms with van der Waals surface area (Å²) in [6.45, 7) is 5.88. The van der Waals surface area contributed by atoms with Crippen molar-refractivity contribution < 1.29 is 13.6 Å². The van der Waals surface area contributed by atoms with E-state index in [2.05, 4.69) is 16.8 Å². The Labute approximate surface area is 170 Å². The molecule has 1 aromatic heterocycles. The fourth-order valence-electron chi connectivity index (χ4n) is 2.58. The lowest BCUT2D eigenvalue weighted by Gasteiger charge is -2.12. The number of thioether (sulfide) groups is 1. The highest BCUT2D eigenvalue weighted by atomic mass is 35.5. The number of carbonyl (C=O) groups is 1. The fourth-order valence-corrected chi connectivity index (χ4v) is 3.64. The van der Waals surface area contributed by atoms with Crippen LogP contribution in [0.25, 0.3) is 11.4 Å². The Kier molecular flexibility index (Phi) is 6.26. The molecule has 8 heteroatoms. The van der Waals surface area contributed by atoms with Gasteiger partial charge < -0.3 is 0 Å². The molecule has 1 heterocycles. The van der Waals surface area contributed by atoms with Gasteiger partial charge in [-0.15, -0.1) is 16.8 Å². The average Bonchev–Trinajstić information content (AvgIpc) is 3.06. The Morgan fingerprint density at radius 2 is 1.93 bits per heavy atom. The van der Waals surface area contributed by atoms with E-state index >= 15 is 0 Å². The largest absolute Gasteiger partial charge is 0.298 e. The summed E-state index contributed by atoms with van der Waals surface area (Å²) in [5.41, 5.74) is 0.928. The van der Waals surface area contributed by atoms with Crippen molar-refractivity contribution >= 4 is 29.1 Å². The number of nitrogens with zero attached hydrogens (tertiary/aromatic N) is 3. The number of carbonyl (C=O) groups excluding carboxylic acids is 1. The molecule has 0 aliphatic rings. The van der Waals surface area contributed by atoms with Gasteiger partial charge in [0, 0.05) is 22.7 Å². The molecule has 0 radical (unpaired) electrons. The lowest BCUT2D eigenvalue weighted by molar-refractivity contribution is 0.0993. The van der Waals surface area contributed by atoms with Crippen molar-refractivity contribution in [3.8, 4) is 11.4 Å². The molecule has 0 N–H and O–H groups in total. The minimum Gasteiger partial charge on any atom is -0.298 e. The van der Waals surface area contributed by atoms with E-state index in [1.807, 2.05) is 16.7 Å². The maximum Gasteiger partial charge on any atom is 0.192 e. The number of halogens is 3. The van der Waals surface area contributed by atoms with Crippen LogP contribution in [-0.4, -0.2) is 25.8 Å². The second-order valence-corrected chi connectivity index (χ2v) is 7.71. The quantitative estimate of drug-likeness (QED) is 0.291. The summed E-state index contributed by atoms with van der Waals surface area (Å²) in [7, 11) is 0. The van der Waals surface area contributed by atoms with Gasteiger partial charge >= 0.3 is 0 Å². The molecule has 0 aliphatic carbocycles. The molecule has 28 heavy (non-hydrogen) atoms. The number of Topliss-reactive ketones (excluding diaryl/α,β-unsaturated/α-hetero) is 1. The molecule has 3 rings (SSSR count). The third kappa shape index (κ3) is 4.31. The predicted molar refractivity (Wildman–Crippen MR) is 107 cm³/mol. The SMILES string of the molecule is C=CCn1c(S[C@H](C)C(=O)c2ccc(F)c(F)c2)nnc1-c1ccc(Cl)cc1. The second-order valence-electron chi connectivity index (χ2n) is 5.97. The maximum absolute atomic E-state index is 13.4. The lowest BCUT2D eigenvalue weighted by Crippen LogP contribution is -2.15. The van der Waals surface area contributed by atoms with Gasteiger partial charge in [0.05, 0.1) is 5.25 Å². The van der Waals surface area contributed by atoms with E-state index in [1.165, 1.54) is 17.8 Å². The number of aromatic nitrogens is 3. The van der Waals surface area contributed by atoms with Crippen LogP contribution in [0.5, 0.6) is 0 Å². The van der Waals surface area contributed by atoms with Crippen LogP contribution < -0.4 is 0 Å². The van der Waals surface area contributed by atoms with Gasteiger partial charge in [-0.3, -0.25) is 9.36 Å². The monoisotopic (exact) mass is 419 g/mol. The number of allylic oxidation sites excluding steroid dienone is 1. The van der Waals surface area contributed by atoms with E-state index in [0.717, 1.165) is 17.7 Å². The third-order valence-electron chi connectivity index (χ3n) is 3.99. The molecule has 1 atom stereocenters. The maximum atomic E-state index is 13.4. The molecule has 3 aromatic rings. The van der Waals surface area contributed by atoms with Gasteiger partial charge in [0.15, 0.2) is 28.4 Å². The molecule has 0 unspecified atom stereocenters. The highest BCUT2D eigenvalue weighted by molar-refractivity contribution is 8.00. The Balaban J connectivity index is 1.86. The Morgan fingerprint density at radius 1 is 1.21 bits per heavy atom. The average molecular weight is 420 g/mol. The van der Waals surface area contributed by atoms with Crippen LogP contribution in [0.4, 0.5) is 8.78 Å². The van der Waals surface area contributed by atoms with Crippen LogP contribution in [0, 0.1) is 11.6 Å². The van der Waals surface area contributed by atoms with Crippen molar-refractivity contribution in [3.05, 3.63) is 77.3 Å². The van der Waals surface area contributed by atoms with E-state index < -0.39 is 16.9 Å². The molecule has 4 nitrogen and oxygen atoms in total. The zero-order valence-corrected chi connectivity index (χ0v) is 16.5. The second kappa shape index (κ2) is 8.67. The number of rotatable bonds is 7. The molecule has 144 valence electrons. The molecule has 0 amide bonds. The summed E-state index contributed by atoms with van der Waals surface area (Å²) < 4.78 is 28.4. The highest BCUT2D eigenvalue weighted by Crippen LogP contribution is 2.29. The Bertz CT molecular complexity index is 1020. The number of hydrogen-bond acceptors (Lipinski definition) is 4. The molecule has 0 spiro atoms. The summed E-state index contributed by atoms with van der Waals surface area (Å²) in [5.74, 6) is -1.75. The summed E-state index contributed by atoms with van der Waals surface area (Å²) in [6, 6.07) is 10.3. The normalized spacial score (nSPS) is 12.0. The Hall–Kier alpha value is -2.51. The van der Waals surface area contributed by atoms with Gasteiger partial charge in [0.25, 0.3) is 0 Å². The molecule has 0 fully saturated rings. The number of benzene rings is 2. The van der Waals surface area contributed by atoms with Crippen molar-refractivity contribution in [1.29, 1.82) is 0 Å². The third-order valence-corrected chi connectivity index (χ3v) is 5.32. The van der Waals surface area contributed by atoms with Gasteiger partial charge in [-0.1, -0.05) is 29.4 Å². The minimum absolute atomic E-state index is 0.103. The van der Waals surface area contributed by atoms with Crippen molar-refractivity contribution in [2.75, 3.05) is 0 Å². The molecule has 2 aromatic carbocycles. The lowest BCUT2D eigenvalue weighted by atomic mass is 10.1. The first-order valence-electron chi connectivity index (χ1n) is 8.36. The van der Waals surface area contributed by atoms with Crippen LogP contribution in [0.3, 0.4) is 0 Å². The van der Waals surface area contributed by atoms with Gasteiger partial charge in [0.1, 0.15) is 0 Å². The molecular formula is C20H16ClF2N3OS. The zero-order valence-electron chi connectivity index (χ0n) is 14.9. The smallest absolute Gasteiger partial charge is 0.192 e. The first kappa shape index (κ1) is 20.2.